The Labute approximate surface area is 117 Å². The summed E-state index contributed by atoms with van der Waals surface area (Å²) in [6, 6.07) is 0. The van der Waals surface area contributed by atoms with Crippen LogP contribution in [0.5, 0.6) is 0 Å². The molecule has 0 aromatic heterocycles. The number of rotatable bonds is 2. The quantitative estimate of drug-likeness (QED) is 0.625. The second-order valence-electron chi connectivity index (χ2n) is 1.67. The smallest absolute Gasteiger partial charge is 0.404 e. The molecular weight excluding hydrogens is 277 g/mol. The zero-order valence-electron chi connectivity index (χ0n) is 7.70. The summed E-state index contributed by atoms with van der Waals surface area (Å²) in [5, 5.41) is 19.9. The molecule has 1 radical (unpaired) electrons. The number of amides is 2. The molecule has 0 spiro atoms. The zero-order chi connectivity index (χ0) is 9.98. The minimum Gasteiger partial charge on any atom is -0.465 e. The van der Waals surface area contributed by atoms with Crippen LogP contribution in [0.4, 0.5) is 9.59 Å². The largest absolute Gasteiger partial charge is 0.465 e. The van der Waals surface area contributed by atoms with Crippen molar-refractivity contribution in [1.29, 1.82) is 0 Å². The molecular formula is C8H22N2O4Y. The molecule has 0 rings (SSSR count). The van der Waals surface area contributed by atoms with E-state index < -0.39 is 12.2 Å². The van der Waals surface area contributed by atoms with E-state index in [4.69, 9.17) is 10.2 Å². The van der Waals surface area contributed by atoms with Crippen LogP contribution in [-0.4, -0.2) is 35.5 Å². The minimum atomic E-state index is -0.961. The van der Waals surface area contributed by atoms with Gasteiger partial charge in [-0.25, -0.2) is 9.59 Å². The third-order valence-corrected chi connectivity index (χ3v) is 0.656. The molecule has 0 fully saturated rings. The Balaban J connectivity index is -0.0000000370. The summed E-state index contributed by atoms with van der Waals surface area (Å²) in [5.41, 5.74) is 0. The second-order valence-corrected chi connectivity index (χ2v) is 1.67. The maximum Gasteiger partial charge on any atom is 0.404 e. The molecule has 0 atom stereocenters. The number of hydrogen-bond donors (Lipinski definition) is 4. The SMILES string of the molecule is C.C.CCNC(=O)O.CCNC(=O)O.[Y]. The summed E-state index contributed by atoms with van der Waals surface area (Å²) >= 11 is 0. The monoisotopic (exact) mass is 299 g/mol. The van der Waals surface area contributed by atoms with E-state index in [2.05, 4.69) is 10.6 Å². The van der Waals surface area contributed by atoms with Crippen molar-refractivity contribution < 1.29 is 52.5 Å². The Morgan fingerprint density at radius 1 is 0.933 bits per heavy atom. The van der Waals surface area contributed by atoms with Crippen molar-refractivity contribution in [3.63, 3.8) is 0 Å². The molecule has 0 aliphatic carbocycles. The second kappa shape index (κ2) is 23.5. The normalized spacial score (nSPS) is 6.00. The van der Waals surface area contributed by atoms with Gasteiger partial charge < -0.3 is 20.8 Å². The van der Waals surface area contributed by atoms with E-state index in [1.165, 1.54) is 0 Å². The Morgan fingerprint density at radius 2 is 1.13 bits per heavy atom. The average molecular weight is 299 g/mol. The maximum absolute atomic E-state index is 9.49. The molecule has 6 nitrogen and oxygen atoms in total. The van der Waals surface area contributed by atoms with Gasteiger partial charge >= 0.3 is 12.2 Å². The fraction of sp³-hybridized carbons (Fsp3) is 0.750. The number of carboxylic acid groups (broad SMARTS) is 2. The predicted octanol–water partition coefficient (Wildman–Crippen LogP) is 1.82. The predicted molar refractivity (Wildman–Crippen MR) is 56.9 cm³/mol. The molecule has 0 aromatic carbocycles. The van der Waals surface area contributed by atoms with Gasteiger partial charge in [-0.15, -0.1) is 0 Å². The van der Waals surface area contributed by atoms with Gasteiger partial charge in [-0.05, 0) is 13.8 Å². The summed E-state index contributed by atoms with van der Waals surface area (Å²) in [4.78, 5) is 19.0. The van der Waals surface area contributed by atoms with Crippen LogP contribution in [0.2, 0.25) is 0 Å². The van der Waals surface area contributed by atoms with Gasteiger partial charge in [0.1, 0.15) is 0 Å². The molecule has 0 aliphatic rings. The third-order valence-electron chi connectivity index (χ3n) is 0.656. The third kappa shape index (κ3) is 58.1. The van der Waals surface area contributed by atoms with Crippen LogP contribution in [0.1, 0.15) is 28.7 Å². The number of hydrogen-bond acceptors (Lipinski definition) is 2. The van der Waals surface area contributed by atoms with E-state index in [9.17, 15) is 9.59 Å². The van der Waals surface area contributed by atoms with Crippen LogP contribution in [0.25, 0.3) is 0 Å². The molecule has 91 valence electrons. The van der Waals surface area contributed by atoms with Crippen molar-refractivity contribution in [2.24, 2.45) is 0 Å². The van der Waals surface area contributed by atoms with Crippen molar-refractivity contribution in [2.75, 3.05) is 13.1 Å². The molecule has 15 heavy (non-hydrogen) atoms. The van der Waals surface area contributed by atoms with Crippen molar-refractivity contribution in [2.45, 2.75) is 28.7 Å². The van der Waals surface area contributed by atoms with Crippen LogP contribution >= 0.6 is 0 Å². The molecule has 0 bridgehead atoms. The van der Waals surface area contributed by atoms with E-state index in [0.29, 0.717) is 13.1 Å². The number of nitrogens with one attached hydrogen (secondary N) is 2. The summed E-state index contributed by atoms with van der Waals surface area (Å²) in [5.74, 6) is 0. The Kier molecular flexibility index (Phi) is 45.8. The van der Waals surface area contributed by atoms with Gasteiger partial charge in [-0.3, -0.25) is 0 Å². The van der Waals surface area contributed by atoms with Gasteiger partial charge in [0.15, 0.2) is 0 Å². The summed E-state index contributed by atoms with van der Waals surface area (Å²) in [6.45, 7) is 4.42. The van der Waals surface area contributed by atoms with E-state index in [1.54, 1.807) is 13.8 Å². The van der Waals surface area contributed by atoms with Gasteiger partial charge in [0.2, 0.25) is 0 Å². The summed E-state index contributed by atoms with van der Waals surface area (Å²) < 4.78 is 0. The van der Waals surface area contributed by atoms with Gasteiger partial charge in [0, 0.05) is 45.8 Å². The topological polar surface area (TPSA) is 98.7 Å². The Bertz CT molecular complexity index is 129. The molecule has 0 aromatic rings. The van der Waals surface area contributed by atoms with Crippen molar-refractivity contribution >= 4 is 12.2 Å². The first-order chi connectivity index (χ1) is 5.54. The van der Waals surface area contributed by atoms with Crippen LogP contribution in [-0.2, 0) is 32.7 Å². The fourth-order valence-corrected chi connectivity index (χ4v) is 0.302. The average Bonchev–Trinajstić information content (AvgIpc) is 1.87. The molecule has 7 heteroatoms. The van der Waals surface area contributed by atoms with Crippen molar-refractivity contribution in [3.05, 3.63) is 0 Å². The molecule has 2 amide bonds. The van der Waals surface area contributed by atoms with Crippen molar-refractivity contribution in [1.82, 2.24) is 10.6 Å². The Hall–Kier alpha value is -0.356. The molecule has 0 unspecified atom stereocenters. The summed E-state index contributed by atoms with van der Waals surface area (Å²) in [7, 11) is 0. The first-order valence-electron chi connectivity index (χ1n) is 3.48. The van der Waals surface area contributed by atoms with Crippen LogP contribution in [0.15, 0.2) is 0 Å². The van der Waals surface area contributed by atoms with E-state index >= 15 is 0 Å². The molecule has 0 aliphatic heterocycles. The van der Waals surface area contributed by atoms with Crippen LogP contribution in [0.3, 0.4) is 0 Å². The van der Waals surface area contributed by atoms with Crippen LogP contribution in [0, 0.1) is 0 Å². The van der Waals surface area contributed by atoms with E-state index in [1.807, 2.05) is 0 Å². The van der Waals surface area contributed by atoms with Gasteiger partial charge in [0.25, 0.3) is 0 Å². The molecule has 0 heterocycles. The van der Waals surface area contributed by atoms with Gasteiger partial charge in [-0.2, -0.15) is 0 Å². The van der Waals surface area contributed by atoms with E-state index in [0.717, 1.165) is 0 Å². The number of carbonyl (C=O) groups is 2. The standard InChI is InChI=1S/2C3H7NO2.2CH4.Y/c2*1-2-4-3(5)6;;;/h2*4H,2H2,1H3,(H,5,6);2*1H4;. The first-order valence-corrected chi connectivity index (χ1v) is 3.48. The van der Waals surface area contributed by atoms with Crippen LogP contribution < -0.4 is 10.6 Å². The Morgan fingerprint density at radius 3 is 1.13 bits per heavy atom. The fourth-order valence-electron chi connectivity index (χ4n) is 0.302. The molecule has 0 saturated heterocycles. The summed E-state index contributed by atoms with van der Waals surface area (Å²) in [6.07, 6.45) is -1.92. The van der Waals surface area contributed by atoms with E-state index in [-0.39, 0.29) is 47.6 Å². The van der Waals surface area contributed by atoms with Gasteiger partial charge in [0.05, 0.1) is 0 Å². The maximum atomic E-state index is 9.49. The van der Waals surface area contributed by atoms with Crippen molar-refractivity contribution in [3.8, 4) is 0 Å². The zero-order valence-corrected chi connectivity index (χ0v) is 10.5. The molecule has 4 N–H and O–H groups in total. The molecule has 0 saturated carbocycles. The first kappa shape index (κ1) is 29.3. The van der Waals surface area contributed by atoms with Gasteiger partial charge in [-0.1, -0.05) is 14.9 Å². The minimum absolute atomic E-state index is 0.